The van der Waals surface area contributed by atoms with E-state index in [9.17, 15) is 18.8 Å². The van der Waals surface area contributed by atoms with Crippen LogP contribution in [0.15, 0.2) is 72.8 Å². The Morgan fingerprint density at radius 2 is 1.55 bits per heavy atom. The molecular weight excluding hydrogens is 507 g/mol. The van der Waals surface area contributed by atoms with Crippen LogP contribution >= 0.6 is 11.6 Å². The molecule has 0 radical (unpaired) electrons. The summed E-state index contributed by atoms with van der Waals surface area (Å²) in [5.41, 5.74) is 2.14. The van der Waals surface area contributed by atoms with Crippen molar-refractivity contribution in [3.63, 3.8) is 0 Å². The number of piperazine rings is 1. The lowest BCUT2D eigenvalue weighted by atomic mass is 10.1. The fourth-order valence-electron chi connectivity index (χ4n) is 4.33. The molecule has 3 aromatic carbocycles. The molecular formula is C29H30ClFN4O3. The summed E-state index contributed by atoms with van der Waals surface area (Å²) in [4.78, 5) is 43.6. The van der Waals surface area contributed by atoms with E-state index in [1.54, 1.807) is 41.3 Å². The molecule has 0 bridgehead atoms. The predicted molar refractivity (Wildman–Crippen MR) is 147 cm³/mol. The molecule has 1 N–H and O–H groups in total. The molecule has 3 aromatic rings. The zero-order valence-corrected chi connectivity index (χ0v) is 22.1. The Bertz CT molecular complexity index is 1290. The van der Waals surface area contributed by atoms with Gasteiger partial charge in [-0.3, -0.25) is 14.4 Å². The summed E-state index contributed by atoms with van der Waals surface area (Å²) in [6.45, 7) is 5.83. The monoisotopic (exact) mass is 536 g/mol. The first-order valence-corrected chi connectivity index (χ1v) is 12.9. The maximum Gasteiger partial charge on any atom is 0.256 e. The largest absolute Gasteiger partial charge is 0.368 e. The molecule has 1 aliphatic rings. The van der Waals surface area contributed by atoms with Crippen LogP contribution in [0.1, 0.15) is 34.6 Å². The zero-order valence-electron chi connectivity index (χ0n) is 21.4. The van der Waals surface area contributed by atoms with Gasteiger partial charge in [0.25, 0.3) is 11.8 Å². The maximum atomic E-state index is 14.0. The van der Waals surface area contributed by atoms with Crippen LogP contribution in [0.5, 0.6) is 0 Å². The lowest BCUT2D eigenvalue weighted by Crippen LogP contribution is -2.49. The molecule has 0 saturated carbocycles. The number of carbonyl (C=O) groups is 3. The number of hydrogen-bond donors (Lipinski definition) is 1. The molecule has 0 unspecified atom stereocenters. The Kier molecular flexibility index (Phi) is 8.63. The van der Waals surface area contributed by atoms with E-state index in [1.165, 1.54) is 17.0 Å². The van der Waals surface area contributed by atoms with E-state index in [1.807, 2.05) is 38.1 Å². The topological polar surface area (TPSA) is 73.0 Å². The molecule has 1 saturated heterocycles. The third-order valence-electron chi connectivity index (χ3n) is 6.48. The number of anilines is 2. The fourth-order valence-corrected chi connectivity index (χ4v) is 4.46. The average Bonchev–Trinajstić information content (AvgIpc) is 2.92. The Balaban J connectivity index is 1.31. The second-order valence-electron chi connectivity index (χ2n) is 9.39. The normalized spacial score (nSPS) is 13.4. The Morgan fingerprint density at radius 1 is 0.921 bits per heavy atom. The smallest absolute Gasteiger partial charge is 0.256 e. The summed E-state index contributed by atoms with van der Waals surface area (Å²) in [7, 11) is 0. The Labute approximate surface area is 226 Å². The van der Waals surface area contributed by atoms with Crippen LogP contribution < -0.4 is 10.2 Å². The highest BCUT2D eigenvalue weighted by Gasteiger charge is 2.25. The first-order valence-electron chi connectivity index (χ1n) is 12.5. The van der Waals surface area contributed by atoms with Gasteiger partial charge in [0.15, 0.2) is 0 Å². The van der Waals surface area contributed by atoms with Crippen LogP contribution in [-0.2, 0) is 4.79 Å². The van der Waals surface area contributed by atoms with Gasteiger partial charge in [-0.1, -0.05) is 23.7 Å². The number of halogens is 2. The van der Waals surface area contributed by atoms with Gasteiger partial charge in [-0.15, -0.1) is 0 Å². The molecule has 9 heteroatoms. The van der Waals surface area contributed by atoms with Gasteiger partial charge in [-0.05, 0) is 74.5 Å². The molecule has 1 aliphatic heterocycles. The molecule has 4 rings (SSSR count). The minimum Gasteiger partial charge on any atom is -0.368 e. The molecule has 0 aromatic heterocycles. The first kappa shape index (κ1) is 27.1. The van der Waals surface area contributed by atoms with Gasteiger partial charge < -0.3 is 20.0 Å². The van der Waals surface area contributed by atoms with E-state index in [0.717, 1.165) is 5.69 Å². The highest BCUT2D eigenvalue weighted by atomic mass is 35.5. The van der Waals surface area contributed by atoms with Crippen LogP contribution in [0.3, 0.4) is 0 Å². The fraction of sp³-hybridized carbons (Fsp3) is 0.276. The maximum absolute atomic E-state index is 14.0. The number of nitrogens with one attached hydrogen (secondary N) is 1. The highest BCUT2D eigenvalue weighted by Crippen LogP contribution is 2.21. The zero-order chi connectivity index (χ0) is 27.2. The van der Waals surface area contributed by atoms with E-state index in [4.69, 9.17) is 11.6 Å². The van der Waals surface area contributed by atoms with E-state index in [2.05, 4.69) is 10.2 Å². The van der Waals surface area contributed by atoms with Crippen LogP contribution in [0.2, 0.25) is 5.02 Å². The Hall–Kier alpha value is -3.91. The molecule has 0 spiro atoms. The van der Waals surface area contributed by atoms with Gasteiger partial charge in [0.05, 0.1) is 5.56 Å². The minimum absolute atomic E-state index is 0.0844. The number of amides is 3. The first-order chi connectivity index (χ1) is 18.2. The van der Waals surface area contributed by atoms with E-state index >= 15 is 0 Å². The molecule has 0 aliphatic carbocycles. The molecule has 198 valence electrons. The number of rotatable bonds is 7. The van der Waals surface area contributed by atoms with Crippen molar-refractivity contribution in [3.05, 3.63) is 94.8 Å². The lowest BCUT2D eigenvalue weighted by Gasteiger charge is -2.36. The van der Waals surface area contributed by atoms with Crippen molar-refractivity contribution in [2.45, 2.75) is 19.9 Å². The summed E-state index contributed by atoms with van der Waals surface area (Å²) in [5.74, 6) is -1.35. The van der Waals surface area contributed by atoms with Gasteiger partial charge in [0, 0.05) is 54.2 Å². The van der Waals surface area contributed by atoms with Crippen LogP contribution in [0, 0.1) is 5.82 Å². The second kappa shape index (κ2) is 12.1. The molecule has 1 fully saturated rings. The summed E-state index contributed by atoms with van der Waals surface area (Å²) < 4.78 is 14.0. The van der Waals surface area contributed by atoms with Gasteiger partial charge in [-0.25, -0.2) is 4.39 Å². The van der Waals surface area contributed by atoms with Crippen molar-refractivity contribution in [2.24, 2.45) is 0 Å². The predicted octanol–water partition coefficient (Wildman–Crippen LogP) is 4.93. The minimum atomic E-state index is -0.511. The van der Waals surface area contributed by atoms with Crippen LogP contribution in [-0.4, -0.2) is 66.3 Å². The van der Waals surface area contributed by atoms with E-state index in [0.29, 0.717) is 42.5 Å². The summed E-state index contributed by atoms with van der Waals surface area (Å²) in [6.07, 6.45) is 0. The van der Waals surface area contributed by atoms with E-state index in [-0.39, 0.29) is 35.9 Å². The van der Waals surface area contributed by atoms with Crippen molar-refractivity contribution in [1.82, 2.24) is 9.80 Å². The summed E-state index contributed by atoms with van der Waals surface area (Å²) in [5, 5.41) is 3.40. The van der Waals surface area contributed by atoms with Crippen molar-refractivity contribution in [2.75, 3.05) is 42.9 Å². The number of benzene rings is 3. The van der Waals surface area contributed by atoms with Crippen LogP contribution in [0.4, 0.5) is 15.8 Å². The number of hydrogen-bond acceptors (Lipinski definition) is 4. The Morgan fingerprint density at radius 3 is 2.16 bits per heavy atom. The highest BCUT2D eigenvalue weighted by molar-refractivity contribution is 6.30. The molecule has 7 nitrogen and oxygen atoms in total. The van der Waals surface area contributed by atoms with Gasteiger partial charge in [0.1, 0.15) is 12.4 Å². The van der Waals surface area contributed by atoms with Crippen molar-refractivity contribution in [1.29, 1.82) is 0 Å². The third-order valence-corrected chi connectivity index (χ3v) is 6.73. The summed E-state index contributed by atoms with van der Waals surface area (Å²) in [6, 6.07) is 19.9. The average molecular weight is 537 g/mol. The standard InChI is InChI=1S/C29H30ClFN4O3/c1-20(2)35(28(37)21-7-9-22(30)10-8-21)19-27(36)32-23-11-13-24(14-12-23)33-15-17-34(18-16-33)29(38)25-5-3-4-6-26(25)31/h3-14,20H,15-19H2,1-2H3,(H,32,36). The number of nitrogens with zero attached hydrogens (tertiary/aromatic N) is 3. The molecule has 38 heavy (non-hydrogen) atoms. The SMILES string of the molecule is CC(C)N(CC(=O)Nc1ccc(N2CCN(C(=O)c3ccccc3F)CC2)cc1)C(=O)c1ccc(Cl)cc1. The molecule has 0 atom stereocenters. The number of carbonyl (C=O) groups excluding carboxylic acids is 3. The van der Waals surface area contributed by atoms with Gasteiger partial charge in [-0.2, -0.15) is 0 Å². The molecule has 3 amide bonds. The third kappa shape index (κ3) is 6.50. The van der Waals surface area contributed by atoms with Crippen molar-refractivity contribution >= 4 is 40.7 Å². The molecule has 1 heterocycles. The van der Waals surface area contributed by atoms with Crippen molar-refractivity contribution in [3.8, 4) is 0 Å². The lowest BCUT2D eigenvalue weighted by molar-refractivity contribution is -0.117. The summed E-state index contributed by atoms with van der Waals surface area (Å²) >= 11 is 5.92. The second-order valence-corrected chi connectivity index (χ2v) is 9.82. The van der Waals surface area contributed by atoms with Gasteiger partial charge in [0.2, 0.25) is 5.91 Å². The quantitative estimate of drug-likeness (QED) is 0.465. The van der Waals surface area contributed by atoms with Crippen molar-refractivity contribution < 1.29 is 18.8 Å². The van der Waals surface area contributed by atoms with E-state index < -0.39 is 5.82 Å². The van der Waals surface area contributed by atoms with Gasteiger partial charge >= 0.3 is 0 Å². The van der Waals surface area contributed by atoms with Crippen LogP contribution in [0.25, 0.3) is 0 Å².